The normalized spacial score (nSPS) is 18.0. The molecule has 0 bridgehead atoms. The number of halogens is 3. The Morgan fingerprint density at radius 3 is 2.29 bits per heavy atom. The molecule has 42 heavy (non-hydrogen) atoms. The lowest BCUT2D eigenvalue weighted by Gasteiger charge is -2.43. The number of carbonyl (C=O) groups excluding carboxylic acids is 3. The second kappa shape index (κ2) is 12.4. The van der Waals surface area contributed by atoms with Gasteiger partial charge >= 0.3 is 6.18 Å². The standard InChI is InChI=1S/C32H41F3N4O3/c1-23(19-30(2,3)4)17-28(41)37-15-13-31(14-16-37)29(42)38(22-39(31)26-11-6-5-7-12-26)21-27(40)36-20-24-9-8-10-25(18-24)32(33,34)35/h5-12,18,23H,13-17,19-22H2,1-4H3,(H,36,40). The second-order valence-corrected chi connectivity index (χ2v) is 12.9. The molecule has 1 N–H and O–H groups in total. The number of alkyl halides is 3. The predicted octanol–water partition coefficient (Wildman–Crippen LogP) is 5.45. The van der Waals surface area contributed by atoms with Crippen molar-refractivity contribution in [3.8, 4) is 0 Å². The molecule has 2 aliphatic heterocycles. The van der Waals surface area contributed by atoms with E-state index in [-0.39, 0.29) is 42.9 Å². The number of hydrogen-bond acceptors (Lipinski definition) is 4. The maximum Gasteiger partial charge on any atom is 0.416 e. The fourth-order valence-corrected chi connectivity index (χ4v) is 6.28. The van der Waals surface area contributed by atoms with Crippen LogP contribution in [0.3, 0.4) is 0 Å². The zero-order valence-corrected chi connectivity index (χ0v) is 24.8. The van der Waals surface area contributed by atoms with Crippen LogP contribution >= 0.6 is 0 Å². The minimum atomic E-state index is -4.47. The Labute approximate surface area is 246 Å². The third-order valence-corrected chi connectivity index (χ3v) is 8.09. The molecule has 0 saturated carbocycles. The summed E-state index contributed by atoms with van der Waals surface area (Å²) in [6.07, 6.45) is -2.16. The lowest BCUT2D eigenvalue weighted by atomic mass is 9.83. The van der Waals surface area contributed by atoms with Crippen molar-refractivity contribution in [3.63, 3.8) is 0 Å². The van der Waals surface area contributed by atoms with Crippen molar-refractivity contribution < 1.29 is 27.6 Å². The lowest BCUT2D eigenvalue weighted by molar-refractivity contribution is -0.140. The quantitative estimate of drug-likeness (QED) is 0.447. The van der Waals surface area contributed by atoms with E-state index >= 15 is 0 Å². The molecule has 0 aromatic heterocycles. The molecule has 1 atom stereocenters. The molecule has 3 amide bonds. The van der Waals surface area contributed by atoms with Crippen LogP contribution in [-0.4, -0.2) is 59.4 Å². The summed E-state index contributed by atoms with van der Waals surface area (Å²) in [6.45, 7) is 9.41. The van der Waals surface area contributed by atoms with Gasteiger partial charge in [-0.15, -0.1) is 0 Å². The van der Waals surface area contributed by atoms with Crippen molar-refractivity contribution in [1.82, 2.24) is 15.1 Å². The summed E-state index contributed by atoms with van der Waals surface area (Å²) < 4.78 is 39.2. The largest absolute Gasteiger partial charge is 0.416 e. The van der Waals surface area contributed by atoms with E-state index in [4.69, 9.17) is 0 Å². The average Bonchev–Trinajstić information content (AvgIpc) is 3.17. The Bertz CT molecular complexity index is 1270. The maximum atomic E-state index is 13.9. The van der Waals surface area contributed by atoms with E-state index in [1.54, 1.807) is 0 Å². The average molecular weight is 587 g/mol. The Kier molecular flexibility index (Phi) is 9.23. The lowest BCUT2D eigenvalue weighted by Crippen LogP contribution is -2.57. The molecule has 0 radical (unpaired) electrons. The molecular weight excluding hydrogens is 545 g/mol. The van der Waals surface area contributed by atoms with Crippen molar-refractivity contribution in [2.24, 2.45) is 11.3 Å². The monoisotopic (exact) mass is 586 g/mol. The number of amides is 3. The zero-order valence-electron chi connectivity index (χ0n) is 24.8. The summed E-state index contributed by atoms with van der Waals surface area (Å²) in [6, 6.07) is 14.4. The van der Waals surface area contributed by atoms with E-state index in [1.165, 1.54) is 17.0 Å². The van der Waals surface area contributed by atoms with Crippen LogP contribution in [0.25, 0.3) is 0 Å². The van der Waals surface area contributed by atoms with Crippen molar-refractivity contribution >= 4 is 23.4 Å². The van der Waals surface area contributed by atoms with Gasteiger partial charge in [0.1, 0.15) is 12.1 Å². The highest BCUT2D eigenvalue weighted by Crippen LogP contribution is 2.40. The predicted molar refractivity (Wildman–Crippen MR) is 155 cm³/mol. The van der Waals surface area contributed by atoms with Gasteiger partial charge in [0.25, 0.3) is 5.91 Å². The van der Waals surface area contributed by atoms with E-state index in [2.05, 4.69) is 33.0 Å². The SMILES string of the molecule is CC(CC(=O)N1CCC2(CC1)C(=O)N(CC(=O)NCc1cccc(C(F)(F)F)c1)CN2c1ccccc1)CC(C)(C)C. The first kappa shape index (κ1) is 31.4. The molecule has 228 valence electrons. The number of carbonyl (C=O) groups is 3. The number of piperidine rings is 1. The van der Waals surface area contributed by atoms with Gasteiger partial charge in [-0.2, -0.15) is 13.2 Å². The second-order valence-electron chi connectivity index (χ2n) is 12.9. The van der Waals surface area contributed by atoms with Crippen LogP contribution in [0.2, 0.25) is 0 Å². The van der Waals surface area contributed by atoms with Gasteiger partial charge in [0.15, 0.2) is 0 Å². The fourth-order valence-electron chi connectivity index (χ4n) is 6.28. The molecule has 7 nitrogen and oxygen atoms in total. The topological polar surface area (TPSA) is 73.0 Å². The summed E-state index contributed by atoms with van der Waals surface area (Å²) in [7, 11) is 0. The molecular formula is C32H41F3N4O3. The highest BCUT2D eigenvalue weighted by atomic mass is 19.4. The molecule has 2 aliphatic rings. The van der Waals surface area contributed by atoms with Gasteiger partial charge in [-0.1, -0.05) is 58.0 Å². The van der Waals surface area contributed by atoms with E-state index in [0.29, 0.717) is 37.9 Å². The first-order chi connectivity index (χ1) is 19.7. The van der Waals surface area contributed by atoms with Gasteiger partial charge < -0.3 is 20.0 Å². The molecule has 4 rings (SSSR count). The smallest absolute Gasteiger partial charge is 0.350 e. The number of nitrogens with one attached hydrogen (secondary N) is 1. The maximum absolute atomic E-state index is 13.9. The molecule has 10 heteroatoms. The van der Waals surface area contributed by atoms with E-state index in [1.807, 2.05) is 40.1 Å². The molecule has 1 unspecified atom stereocenters. The highest BCUT2D eigenvalue weighted by Gasteiger charge is 2.54. The number of anilines is 1. The number of para-hydroxylation sites is 1. The molecule has 2 aromatic rings. The van der Waals surface area contributed by atoms with Gasteiger partial charge in [0.2, 0.25) is 11.8 Å². The summed E-state index contributed by atoms with van der Waals surface area (Å²) in [5.74, 6) is -0.267. The molecule has 2 aromatic carbocycles. The fraction of sp³-hybridized carbons (Fsp3) is 0.531. The van der Waals surface area contributed by atoms with Crippen molar-refractivity contribution in [3.05, 3.63) is 65.7 Å². The number of rotatable bonds is 8. The van der Waals surface area contributed by atoms with Crippen LogP contribution in [0.1, 0.15) is 64.5 Å². The minimum absolute atomic E-state index is 0.0803. The van der Waals surface area contributed by atoms with Crippen molar-refractivity contribution in [2.75, 3.05) is 31.2 Å². The molecule has 1 spiro atoms. The van der Waals surface area contributed by atoms with Crippen LogP contribution in [0.15, 0.2) is 54.6 Å². The van der Waals surface area contributed by atoms with Crippen LogP contribution in [0.5, 0.6) is 0 Å². The Balaban J connectivity index is 1.42. The van der Waals surface area contributed by atoms with Crippen LogP contribution in [0, 0.1) is 11.3 Å². The number of hydrogen-bond donors (Lipinski definition) is 1. The molecule has 2 fully saturated rings. The third kappa shape index (κ3) is 7.44. The Hall–Kier alpha value is -3.56. The van der Waals surface area contributed by atoms with E-state index < -0.39 is 23.2 Å². The number of nitrogens with zero attached hydrogens (tertiary/aromatic N) is 3. The van der Waals surface area contributed by atoms with Gasteiger partial charge in [0, 0.05) is 31.7 Å². The van der Waals surface area contributed by atoms with Crippen molar-refractivity contribution in [1.29, 1.82) is 0 Å². The number of benzene rings is 2. The van der Waals surface area contributed by atoms with E-state index in [0.717, 1.165) is 24.2 Å². The first-order valence-corrected chi connectivity index (χ1v) is 14.5. The molecule has 2 saturated heterocycles. The van der Waals surface area contributed by atoms with Crippen molar-refractivity contribution in [2.45, 2.75) is 71.6 Å². The first-order valence-electron chi connectivity index (χ1n) is 14.5. The summed E-state index contributed by atoms with van der Waals surface area (Å²) in [5.41, 5.74) is -0.339. The van der Waals surface area contributed by atoms with Gasteiger partial charge in [-0.3, -0.25) is 14.4 Å². The minimum Gasteiger partial charge on any atom is -0.350 e. The van der Waals surface area contributed by atoms with Gasteiger partial charge in [-0.25, -0.2) is 0 Å². The highest BCUT2D eigenvalue weighted by molar-refractivity contribution is 5.96. The molecule has 2 heterocycles. The Morgan fingerprint density at radius 2 is 1.67 bits per heavy atom. The van der Waals surface area contributed by atoms with Crippen LogP contribution < -0.4 is 10.2 Å². The third-order valence-electron chi connectivity index (χ3n) is 8.09. The molecule has 0 aliphatic carbocycles. The summed E-state index contributed by atoms with van der Waals surface area (Å²) >= 11 is 0. The van der Waals surface area contributed by atoms with Crippen LogP contribution in [0.4, 0.5) is 18.9 Å². The number of likely N-dealkylation sites (tertiary alicyclic amines) is 1. The summed E-state index contributed by atoms with van der Waals surface area (Å²) in [5, 5.41) is 2.66. The van der Waals surface area contributed by atoms with Crippen LogP contribution in [-0.2, 0) is 27.1 Å². The summed E-state index contributed by atoms with van der Waals surface area (Å²) in [4.78, 5) is 45.3. The van der Waals surface area contributed by atoms with Gasteiger partial charge in [0.05, 0.1) is 12.2 Å². The Morgan fingerprint density at radius 1 is 1.00 bits per heavy atom. The zero-order chi connectivity index (χ0) is 30.7. The van der Waals surface area contributed by atoms with Gasteiger partial charge in [-0.05, 0) is 60.4 Å². The van der Waals surface area contributed by atoms with E-state index in [9.17, 15) is 27.6 Å².